The summed E-state index contributed by atoms with van der Waals surface area (Å²) in [5.41, 5.74) is 8.23. The Morgan fingerprint density at radius 1 is 0.588 bits per heavy atom. The second-order valence-electron chi connectivity index (χ2n) is 9.25. The number of aromatic nitrogens is 2. The van der Waals surface area contributed by atoms with E-state index in [1.807, 2.05) is 27.6 Å². The van der Waals surface area contributed by atoms with Gasteiger partial charge in [-0.15, -0.1) is 0 Å². The molecule has 0 N–H and O–H groups in total. The summed E-state index contributed by atoms with van der Waals surface area (Å²) in [6.07, 6.45) is 1.92. The molecule has 0 aromatic heterocycles. The van der Waals surface area contributed by atoms with E-state index in [1.165, 1.54) is 11.1 Å². The number of fused-ring (bicyclic) bond motifs is 1. The van der Waals surface area contributed by atoms with Crippen LogP contribution in [-0.2, 0) is 22.4 Å². The molecule has 0 fully saturated rings. The standard InChI is InChI=1S/C29H27N2O2.Ag/c1-16-11-18(3)24(19(4)12-16)30-15-31(25-20(5)13-17(2)14-21(25)6)27-26(30)28(32)22-9-7-8-10-23(22)29(27)33;/h7-15H,1-6H3;/q-1;+1. The van der Waals surface area contributed by atoms with Gasteiger partial charge in [-0.2, -0.15) is 0 Å². The molecule has 0 saturated carbocycles. The normalized spacial score (nSPS) is 11.2. The number of hydrogen-bond donors (Lipinski definition) is 0. The van der Waals surface area contributed by atoms with Crippen molar-refractivity contribution in [2.75, 3.05) is 0 Å². The number of aryl methyl sites for hydroxylation is 6. The van der Waals surface area contributed by atoms with E-state index in [0.29, 0.717) is 21.5 Å². The smallest absolute Gasteiger partial charge is 0.400 e. The Bertz CT molecular complexity index is 1600. The monoisotopic (exact) mass is 542 g/mol. The molecule has 5 rings (SSSR count). The van der Waals surface area contributed by atoms with Crippen LogP contribution in [0.4, 0.5) is 0 Å². The van der Waals surface area contributed by atoms with E-state index in [1.54, 1.807) is 12.1 Å². The minimum atomic E-state index is -0.124. The Morgan fingerprint density at radius 2 is 0.912 bits per heavy atom. The minimum absolute atomic E-state index is 0. The quantitative estimate of drug-likeness (QED) is 0.220. The first-order chi connectivity index (χ1) is 15.7. The van der Waals surface area contributed by atoms with Crippen molar-refractivity contribution in [1.82, 2.24) is 9.13 Å². The summed E-state index contributed by atoms with van der Waals surface area (Å²) in [6, 6.07) is 15.6. The first-order valence-electron chi connectivity index (χ1n) is 11.2. The van der Waals surface area contributed by atoms with Gasteiger partial charge in [-0.3, -0.25) is 9.59 Å². The van der Waals surface area contributed by atoms with E-state index in [-0.39, 0.29) is 33.2 Å². The average molecular weight is 543 g/mol. The molecule has 0 atom stereocenters. The maximum absolute atomic E-state index is 13.8. The molecule has 1 aliphatic carbocycles. The Morgan fingerprint density at radius 3 is 1.24 bits per heavy atom. The van der Waals surface area contributed by atoms with Gasteiger partial charge in [0.05, 0.1) is 0 Å². The Balaban J connectivity index is 0.00000274. The van der Waals surface area contributed by atoms with Crippen LogP contribution in [-0.4, -0.2) is 9.13 Å². The molecule has 2 aliphatic rings. The molecule has 3 aromatic carbocycles. The number of hydrogen-bond acceptors (Lipinski definition) is 2. The third-order valence-electron chi connectivity index (χ3n) is 6.54. The van der Waals surface area contributed by atoms with Gasteiger partial charge >= 0.3 is 22.4 Å². The van der Waals surface area contributed by atoms with Crippen LogP contribution in [0.1, 0.15) is 33.4 Å². The SMILES string of the molecule is Cc1cc(C)c(-n2[cH-]n(-c3c(C)cc(C)cc3C)c3c(=O)c4ccccc4c(=O)c2=3)c(C)c1.[Ag+]. The van der Waals surface area contributed by atoms with Crippen LogP contribution in [0.3, 0.4) is 0 Å². The van der Waals surface area contributed by atoms with Gasteiger partial charge < -0.3 is 9.13 Å². The van der Waals surface area contributed by atoms with Gasteiger partial charge in [0.25, 0.3) is 0 Å². The van der Waals surface area contributed by atoms with Crippen molar-refractivity contribution in [1.29, 1.82) is 0 Å². The fraction of sp³-hybridized carbons (Fsp3) is 0.207. The van der Waals surface area contributed by atoms with E-state index >= 15 is 0 Å². The van der Waals surface area contributed by atoms with Crippen LogP contribution in [0.25, 0.3) is 22.1 Å². The number of nitrogens with zero attached hydrogens (tertiary/aromatic N) is 2. The van der Waals surface area contributed by atoms with E-state index in [0.717, 1.165) is 33.6 Å². The first-order valence-corrected chi connectivity index (χ1v) is 11.2. The van der Waals surface area contributed by atoms with Crippen LogP contribution in [0.15, 0.2) is 64.4 Å². The molecular formula is C29H27AgN2O2. The molecule has 0 bridgehead atoms. The van der Waals surface area contributed by atoms with Crippen molar-refractivity contribution in [3.8, 4) is 11.4 Å². The first kappa shape index (κ1) is 24.1. The van der Waals surface area contributed by atoms with Crippen molar-refractivity contribution < 1.29 is 22.4 Å². The molecule has 1 heterocycles. The zero-order valence-corrected chi connectivity index (χ0v) is 21.7. The molecule has 0 amide bonds. The van der Waals surface area contributed by atoms with Crippen LogP contribution >= 0.6 is 0 Å². The zero-order valence-electron chi connectivity index (χ0n) is 20.2. The third-order valence-corrected chi connectivity index (χ3v) is 6.54. The molecule has 34 heavy (non-hydrogen) atoms. The third kappa shape index (κ3) is 3.54. The molecule has 5 heteroatoms. The molecular weight excluding hydrogens is 516 g/mol. The predicted molar refractivity (Wildman–Crippen MR) is 134 cm³/mol. The zero-order chi connectivity index (χ0) is 23.6. The number of benzene rings is 3. The average Bonchev–Trinajstić information content (AvgIpc) is 3.10. The van der Waals surface area contributed by atoms with Gasteiger partial charge in [0.1, 0.15) is 0 Å². The molecule has 0 unspecified atom stereocenters. The summed E-state index contributed by atoms with van der Waals surface area (Å²) in [5.74, 6) is 0. The van der Waals surface area contributed by atoms with Crippen molar-refractivity contribution in [2.45, 2.75) is 41.5 Å². The van der Waals surface area contributed by atoms with E-state index in [9.17, 15) is 9.59 Å². The Labute approximate surface area is 214 Å². The minimum Gasteiger partial charge on any atom is -0.400 e. The van der Waals surface area contributed by atoms with Crippen LogP contribution < -0.4 is 10.9 Å². The van der Waals surface area contributed by atoms with E-state index < -0.39 is 0 Å². The van der Waals surface area contributed by atoms with Crippen molar-refractivity contribution in [3.63, 3.8) is 0 Å². The van der Waals surface area contributed by atoms with E-state index in [4.69, 9.17) is 0 Å². The van der Waals surface area contributed by atoms with Crippen molar-refractivity contribution in [2.24, 2.45) is 0 Å². The van der Waals surface area contributed by atoms with Gasteiger partial charge in [0.15, 0.2) is 10.9 Å². The largest absolute Gasteiger partial charge is 1.00 e. The molecule has 0 saturated heterocycles. The summed E-state index contributed by atoms with van der Waals surface area (Å²) >= 11 is 0. The van der Waals surface area contributed by atoms with Crippen molar-refractivity contribution in [3.05, 3.63) is 119 Å². The molecule has 0 radical (unpaired) electrons. The molecule has 3 aromatic rings. The van der Waals surface area contributed by atoms with E-state index in [2.05, 4.69) is 65.8 Å². The molecule has 4 nitrogen and oxygen atoms in total. The van der Waals surface area contributed by atoms with Gasteiger partial charge in [-0.1, -0.05) is 81.9 Å². The molecule has 1 aliphatic heterocycles. The fourth-order valence-corrected chi connectivity index (χ4v) is 5.47. The van der Waals surface area contributed by atoms with Crippen LogP contribution in [0.2, 0.25) is 0 Å². The number of rotatable bonds is 2. The summed E-state index contributed by atoms with van der Waals surface area (Å²) in [4.78, 5) is 27.6. The van der Waals surface area contributed by atoms with Gasteiger partial charge in [0.2, 0.25) is 0 Å². The maximum atomic E-state index is 13.8. The fourth-order valence-electron chi connectivity index (χ4n) is 5.47. The van der Waals surface area contributed by atoms with Gasteiger partial charge in [-0.25, -0.2) is 0 Å². The van der Waals surface area contributed by atoms with Crippen molar-refractivity contribution >= 4 is 10.8 Å². The summed E-state index contributed by atoms with van der Waals surface area (Å²) in [5, 5.41) is 1.77. The molecule has 176 valence electrons. The van der Waals surface area contributed by atoms with Crippen LogP contribution in [0.5, 0.6) is 0 Å². The Kier molecular flexibility index (Phi) is 6.11. The van der Waals surface area contributed by atoms with Crippen LogP contribution in [0, 0.1) is 52.2 Å². The second kappa shape index (κ2) is 8.62. The summed E-state index contributed by atoms with van der Waals surface area (Å²) in [7, 11) is 0. The summed E-state index contributed by atoms with van der Waals surface area (Å²) in [6.45, 7) is 12.3. The van der Waals surface area contributed by atoms with Gasteiger partial charge in [-0.05, 0) is 52.9 Å². The summed E-state index contributed by atoms with van der Waals surface area (Å²) < 4.78 is 3.85. The predicted octanol–water partition coefficient (Wildman–Crippen LogP) is 5.43. The molecule has 0 spiro atoms. The van der Waals surface area contributed by atoms with Gasteiger partial charge in [0, 0.05) is 27.8 Å². The topological polar surface area (TPSA) is 44.0 Å². The Hall–Kier alpha value is -3.05. The maximum Gasteiger partial charge on any atom is 1.00 e. The second-order valence-corrected chi connectivity index (χ2v) is 9.25.